The minimum atomic E-state index is -0.921. The van der Waals surface area contributed by atoms with Crippen LogP contribution in [0.15, 0.2) is 54.6 Å². The third-order valence-electron chi connectivity index (χ3n) is 4.95. The van der Waals surface area contributed by atoms with Crippen LogP contribution in [0.5, 0.6) is 0 Å². The molecule has 2 aliphatic rings. The Hall–Kier alpha value is -2.13. The molecular weight excluding hydrogens is 262 g/mol. The fourth-order valence-electron chi connectivity index (χ4n) is 4.04. The van der Waals surface area contributed by atoms with Crippen LogP contribution in [0.2, 0.25) is 0 Å². The minimum absolute atomic E-state index is 0.00676. The van der Waals surface area contributed by atoms with Crippen LogP contribution in [0.1, 0.15) is 28.5 Å². The highest BCUT2D eigenvalue weighted by atomic mass is 16.3. The first-order valence-corrected chi connectivity index (χ1v) is 7.28. The number of benzene rings is 2. The quantitative estimate of drug-likeness (QED) is 0.868. The van der Waals surface area contributed by atoms with Gasteiger partial charge in [-0.3, -0.25) is 4.79 Å². The van der Waals surface area contributed by atoms with Crippen LogP contribution in [-0.4, -0.2) is 35.1 Å². The number of hydrogen-bond acceptors (Lipinski definition) is 2. The average Bonchev–Trinajstić information content (AvgIpc) is 2.98. The summed E-state index contributed by atoms with van der Waals surface area (Å²) in [6.45, 7) is 0. The lowest BCUT2D eigenvalue weighted by Crippen LogP contribution is -2.34. The van der Waals surface area contributed by atoms with Gasteiger partial charge < -0.3 is 10.0 Å². The van der Waals surface area contributed by atoms with Crippen molar-refractivity contribution in [2.24, 2.45) is 0 Å². The SMILES string of the molecule is CN1C(=O)[C@H](O)[C@H]2c3ccccc3[C@H](c3ccccc3)[C@H]21. The van der Waals surface area contributed by atoms with E-state index >= 15 is 0 Å². The first-order valence-electron chi connectivity index (χ1n) is 7.28. The van der Waals surface area contributed by atoms with Gasteiger partial charge in [0.2, 0.25) is 0 Å². The summed E-state index contributed by atoms with van der Waals surface area (Å²) in [5.74, 6) is -0.150. The smallest absolute Gasteiger partial charge is 0.252 e. The van der Waals surface area contributed by atoms with E-state index in [-0.39, 0.29) is 23.8 Å². The third-order valence-corrected chi connectivity index (χ3v) is 4.95. The van der Waals surface area contributed by atoms with Gasteiger partial charge in [-0.2, -0.15) is 0 Å². The summed E-state index contributed by atoms with van der Waals surface area (Å²) in [7, 11) is 1.80. The summed E-state index contributed by atoms with van der Waals surface area (Å²) in [6, 6.07) is 18.5. The molecular formula is C18H17NO2. The molecule has 0 aromatic heterocycles. The summed E-state index contributed by atoms with van der Waals surface area (Å²) in [5, 5.41) is 10.4. The lowest BCUT2D eigenvalue weighted by molar-refractivity contribution is -0.134. The Morgan fingerprint density at radius 3 is 2.29 bits per heavy atom. The van der Waals surface area contributed by atoms with E-state index in [4.69, 9.17) is 0 Å². The van der Waals surface area contributed by atoms with E-state index in [2.05, 4.69) is 18.2 Å². The molecule has 0 radical (unpaired) electrons. The minimum Gasteiger partial charge on any atom is -0.383 e. The first kappa shape index (κ1) is 12.6. The number of rotatable bonds is 1. The van der Waals surface area contributed by atoms with Crippen LogP contribution in [0.3, 0.4) is 0 Å². The molecule has 1 N–H and O–H groups in total. The van der Waals surface area contributed by atoms with Crippen molar-refractivity contribution >= 4 is 5.91 Å². The zero-order chi connectivity index (χ0) is 14.6. The molecule has 1 aliphatic heterocycles. The monoisotopic (exact) mass is 279 g/mol. The molecule has 2 aromatic rings. The van der Waals surface area contributed by atoms with E-state index in [0.29, 0.717) is 0 Å². The standard InChI is InChI=1S/C18H17NO2/c1-19-16-14(11-7-3-2-4-8-11)12-9-5-6-10-13(12)15(16)17(20)18(19)21/h2-10,14-17,20H,1H3/t14-,15-,16+,17+/m0/s1. The fraction of sp³-hybridized carbons (Fsp3) is 0.278. The van der Waals surface area contributed by atoms with Gasteiger partial charge >= 0.3 is 0 Å². The highest BCUT2D eigenvalue weighted by Crippen LogP contribution is 2.52. The molecule has 1 heterocycles. The number of hydrogen-bond donors (Lipinski definition) is 1. The van der Waals surface area contributed by atoms with E-state index < -0.39 is 6.10 Å². The van der Waals surface area contributed by atoms with Gasteiger partial charge in [-0.15, -0.1) is 0 Å². The van der Waals surface area contributed by atoms with Crippen molar-refractivity contribution in [1.82, 2.24) is 4.90 Å². The topological polar surface area (TPSA) is 40.5 Å². The fourth-order valence-corrected chi connectivity index (χ4v) is 4.04. The number of carbonyl (C=O) groups excluding carboxylic acids is 1. The van der Waals surface area contributed by atoms with E-state index in [0.717, 1.165) is 5.56 Å². The van der Waals surface area contributed by atoms with Crippen molar-refractivity contribution in [1.29, 1.82) is 0 Å². The van der Waals surface area contributed by atoms with Crippen LogP contribution in [0.4, 0.5) is 0 Å². The van der Waals surface area contributed by atoms with E-state index in [1.54, 1.807) is 11.9 Å². The normalized spacial score (nSPS) is 30.4. The lowest BCUT2D eigenvalue weighted by atomic mass is 9.88. The number of likely N-dealkylation sites (tertiary alicyclic amines) is 1. The zero-order valence-corrected chi connectivity index (χ0v) is 11.8. The van der Waals surface area contributed by atoms with Crippen molar-refractivity contribution in [2.75, 3.05) is 7.05 Å². The molecule has 1 fully saturated rings. The van der Waals surface area contributed by atoms with Gasteiger partial charge in [-0.05, 0) is 16.7 Å². The van der Waals surface area contributed by atoms with Crippen LogP contribution in [0, 0.1) is 0 Å². The molecule has 0 unspecified atom stereocenters. The molecule has 2 aromatic carbocycles. The van der Waals surface area contributed by atoms with Gasteiger partial charge in [0.15, 0.2) is 0 Å². The highest BCUT2D eigenvalue weighted by Gasteiger charge is 2.55. The van der Waals surface area contributed by atoms with Gasteiger partial charge in [0.05, 0.1) is 6.04 Å². The van der Waals surface area contributed by atoms with Crippen LogP contribution in [0.25, 0.3) is 0 Å². The molecule has 1 saturated heterocycles. The van der Waals surface area contributed by atoms with E-state index in [1.807, 2.05) is 36.4 Å². The number of nitrogens with zero attached hydrogens (tertiary/aromatic N) is 1. The van der Waals surface area contributed by atoms with Crippen molar-refractivity contribution in [3.63, 3.8) is 0 Å². The number of likely N-dealkylation sites (N-methyl/N-ethyl adjacent to an activating group) is 1. The Balaban J connectivity index is 1.92. The number of amides is 1. The maximum atomic E-state index is 12.2. The second-order valence-corrected chi connectivity index (χ2v) is 5.93. The van der Waals surface area contributed by atoms with Gasteiger partial charge in [-0.25, -0.2) is 0 Å². The number of carbonyl (C=O) groups is 1. The lowest BCUT2D eigenvalue weighted by Gasteiger charge is -2.26. The summed E-state index contributed by atoms with van der Waals surface area (Å²) in [4.78, 5) is 13.9. The second-order valence-electron chi connectivity index (χ2n) is 5.93. The van der Waals surface area contributed by atoms with Gasteiger partial charge in [0.25, 0.3) is 5.91 Å². The Bertz CT molecular complexity index is 697. The van der Waals surface area contributed by atoms with Crippen molar-refractivity contribution in [3.05, 3.63) is 71.3 Å². The summed E-state index contributed by atoms with van der Waals surface area (Å²) in [6.07, 6.45) is -0.921. The van der Waals surface area contributed by atoms with Crippen molar-refractivity contribution in [2.45, 2.75) is 24.0 Å². The molecule has 0 bridgehead atoms. The Kier molecular flexibility index (Phi) is 2.66. The highest BCUT2D eigenvalue weighted by molar-refractivity contribution is 5.86. The second kappa shape index (κ2) is 4.43. The molecule has 4 rings (SSSR count). The molecule has 0 saturated carbocycles. The van der Waals surface area contributed by atoms with Crippen LogP contribution in [-0.2, 0) is 4.79 Å². The van der Waals surface area contributed by atoms with E-state index in [1.165, 1.54) is 11.1 Å². The summed E-state index contributed by atoms with van der Waals surface area (Å²) < 4.78 is 0. The zero-order valence-electron chi connectivity index (χ0n) is 11.8. The maximum absolute atomic E-state index is 12.2. The molecule has 1 aliphatic carbocycles. The van der Waals surface area contributed by atoms with Crippen LogP contribution < -0.4 is 0 Å². The summed E-state index contributed by atoms with van der Waals surface area (Å²) >= 11 is 0. The molecule has 3 heteroatoms. The van der Waals surface area contributed by atoms with Gasteiger partial charge in [0.1, 0.15) is 6.10 Å². The summed E-state index contributed by atoms with van der Waals surface area (Å²) in [5.41, 5.74) is 3.55. The molecule has 0 spiro atoms. The molecule has 106 valence electrons. The molecule has 3 nitrogen and oxygen atoms in total. The van der Waals surface area contributed by atoms with Crippen LogP contribution >= 0.6 is 0 Å². The Morgan fingerprint density at radius 2 is 1.57 bits per heavy atom. The predicted octanol–water partition coefficient (Wildman–Crippen LogP) is 2.12. The van der Waals surface area contributed by atoms with Gasteiger partial charge in [0, 0.05) is 18.9 Å². The average molecular weight is 279 g/mol. The van der Waals surface area contributed by atoms with E-state index in [9.17, 15) is 9.90 Å². The maximum Gasteiger partial charge on any atom is 0.252 e. The van der Waals surface area contributed by atoms with Gasteiger partial charge in [-0.1, -0.05) is 54.6 Å². The first-order chi connectivity index (χ1) is 10.2. The number of aliphatic hydroxyl groups is 1. The predicted molar refractivity (Wildman–Crippen MR) is 80.0 cm³/mol. The number of fused-ring (bicyclic) bond motifs is 3. The van der Waals surface area contributed by atoms with Crippen molar-refractivity contribution < 1.29 is 9.90 Å². The number of aliphatic hydroxyl groups excluding tert-OH is 1. The Labute approximate surface area is 123 Å². The van der Waals surface area contributed by atoms with Crippen molar-refractivity contribution in [3.8, 4) is 0 Å². The molecule has 21 heavy (non-hydrogen) atoms. The third kappa shape index (κ3) is 1.61. The molecule has 1 amide bonds. The largest absolute Gasteiger partial charge is 0.383 e. The Morgan fingerprint density at radius 1 is 0.952 bits per heavy atom. The molecule has 4 atom stereocenters.